The van der Waals surface area contributed by atoms with Gasteiger partial charge in [-0.2, -0.15) is 0 Å². The number of aliphatic hydroxyl groups is 3. The highest BCUT2D eigenvalue weighted by Crippen LogP contribution is 2.31. The fraction of sp³-hybridized carbons (Fsp3) is 0.526. The van der Waals surface area contributed by atoms with Crippen molar-refractivity contribution in [3.05, 3.63) is 23.8 Å². The monoisotopic (exact) mass is 441 g/mol. The molecule has 11 heteroatoms. The van der Waals surface area contributed by atoms with Gasteiger partial charge in [-0.25, -0.2) is 0 Å². The van der Waals surface area contributed by atoms with Crippen LogP contribution in [-0.2, 0) is 9.59 Å². The fourth-order valence-corrected chi connectivity index (χ4v) is 3.69. The van der Waals surface area contributed by atoms with Crippen LogP contribution in [0.15, 0.2) is 23.1 Å². The Morgan fingerprint density at radius 3 is 2.53 bits per heavy atom. The van der Waals surface area contributed by atoms with Gasteiger partial charge in [0.05, 0.1) is 24.8 Å². The first-order chi connectivity index (χ1) is 14.0. The molecule has 1 saturated carbocycles. The first kappa shape index (κ1) is 23.9. The maximum absolute atomic E-state index is 12.8. The first-order valence-corrected chi connectivity index (χ1v) is 10.5. The molecule has 10 nitrogen and oxygen atoms in total. The number of thioether (sulfide) groups is 1. The number of methoxy groups -OCH3 is 1. The lowest BCUT2D eigenvalue weighted by Crippen LogP contribution is -2.64. The summed E-state index contributed by atoms with van der Waals surface area (Å²) < 4.78 is 5.25. The average Bonchev–Trinajstić information content (AvgIpc) is 2.70. The van der Waals surface area contributed by atoms with Crippen LogP contribution in [0.1, 0.15) is 30.1 Å². The summed E-state index contributed by atoms with van der Waals surface area (Å²) in [5.74, 6) is -2.02. The van der Waals surface area contributed by atoms with E-state index in [2.05, 4.69) is 10.6 Å². The molecular weight excluding hydrogens is 414 g/mol. The lowest BCUT2D eigenvalue weighted by atomic mass is 9.77. The second-order valence-electron chi connectivity index (χ2n) is 7.24. The number of hydrogen-bond donors (Lipinski definition) is 6. The van der Waals surface area contributed by atoms with E-state index < -0.39 is 54.0 Å². The third kappa shape index (κ3) is 5.22. The number of nitrogens with one attached hydrogen (secondary N) is 2. The SMILES string of the molecule is COc1cc(SC)ccc1C(=O)N[C@H]1C[C@@](O)(C(=O)N[C@H](C)C(N)=O)C[C@@H](O)[C@@H]1O. The van der Waals surface area contributed by atoms with Crippen LogP contribution < -0.4 is 21.1 Å². The molecule has 0 aliphatic heterocycles. The van der Waals surface area contributed by atoms with E-state index in [9.17, 15) is 29.7 Å². The minimum absolute atomic E-state index is 0.193. The number of ether oxygens (including phenoxy) is 1. The second kappa shape index (κ2) is 9.65. The summed E-state index contributed by atoms with van der Waals surface area (Å²) in [4.78, 5) is 37.3. The molecule has 166 valence electrons. The summed E-state index contributed by atoms with van der Waals surface area (Å²) >= 11 is 1.47. The molecule has 1 aromatic carbocycles. The van der Waals surface area contributed by atoms with E-state index >= 15 is 0 Å². The Hall–Kier alpha value is -2.34. The summed E-state index contributed by atoms with van der Waals surface area (Å²) in [6, 6.07) is 2.78. The highest BCUT2D eigenvalue weighted by Gasteiger charge is 2.49. The van der Waals surface area contributed by atoms with E-state index in [1.807, 2.05) is 6.26 Å². The zero-order valence-corrected chi connectivity index (χ0v) is 17.7. The number of amides is 3. The number of benzene rings is 1. The van der Waals surface area contributed by atoms with E-state index in [0.717, 1.165) is 4.90 Å². The Morgan fingerprint density at radius 2 is 1.97 bits per heavy atom. The predicted octanol–water partition coefficient (Wildman–Crippen LogP) is -1.25. The predicted molar refractivity (Wildman–Crippen MR) is 109 cm³/mol. The molecule has 0 saturated heterocycles. The van der Waals surface area contributed by atoms with Crippen molar-refractivity contribution in [1.82, 2.24) is 10.6 Å². The molecule has 0 radical (unpaired) electrons. The molecule has 0 unspecified atom stereocenters. The zero-order chi connectivity index (χ0) is 22.6. The van der Waals surface area contributed by atoms with Crippen LogP contribution in [0, 0.1) is 0 Å². The van der Waals surface area contributed by atoms with Gasteiger partial charge < -0.3 is 36.4 Å². The number of carbonyl (C=O) groups excluding carboxylic acids is 3. The number of hydrogen-bond acceptors (Lipinski definition) is 8. The normalized spacial score (nSPS) is 27.1. The third-order valence-corrected chi connectivity index (χ3v) is 5.80. The Morgan fingerprint density at radius 1 is 1.30 bits per heavy atom. The molecule has 7 N–H and O–H groups in total. The van der Waals surface area contributed by atoms with Gasteiger partial charge >= 0.3 is 0 Å². The molecule has 0 spiro atoms. The number of rotatable bonds is 7. The van der Waals surface area contributed by atoms with Crippen LogP contribution in [-0.4, -0.2) is 76.3 Å². The van der Waals surface area contributed by atoms with Gasteiger partial charge in [0, 0.05) is 17.7 Å². The van der Waals surface area contributed by atoms with Crippen molar-refractivity contribution in [3.63, 3.8) is 0 Å². The zero-order valence-electron chi connectivity index (χ0n) is 16.9. The molecule has 5 atom stereocenters. The van der Waals surface area contributed by atoms with Crippen LogP contribution in [0.5, 0.6) is 5.75 Å². The Kier molecular flexibility index (Phi) is 7.70. The molecular formula is C19H27N3O7S. The summed E-state index contributed by atoms with van der Waals surface area (Å²) in [5, 5.41) is 36.1. The van der Waals surface area contributed by atoms with E-state index in [1.54, 1.807) is 18.2 Å². The fourth-order valence-electron chi connectivity index (χ4n) is 3.26. The maximum atomic E-state index is 12.8. The number of carbonyl (C=O) groups is 3. The second-order valence-corrected chi connectivity index (χ2v) is 8.12. The summed E-state index contributed by atoms with van der Waals surface area (Å²) in [5.41, 5.74) is 3.19. The van der Waals surface area contributed by atoms with Crippen LogP contribution in [0.4, 0.5) is 0 Å². The Balaban J connectivity index is 2.21. The van der Waals surface area contributed by atoms with Gasteiger partial charge in [0.1, 0.15) is 23.5 Å². The Labute approximate surface area is 178 Å². The number of primary amides is 1. The van der Waals surface area contributed by atoms with Crippen molar-refractivity contribution in [3.8, 4) is 5.75 Å². The highest BCUT2D eigenvalue weighted by molar-refractivity contribution is 7.98. The van der Waals surface area contributed by atoms with E-state index in [1.165, 1.54) is 25.8 Å². The molecule has 0 bridgehead atoms. The van der Waals surface area contributed by atoms with E-state index in [4.69, 9.17) is 10.5 Å². The summed E-state index contributed by atoms with van der Waals surface area (Å²) in [7, 11) is 1.42. The molecule has 0 heterocycles. The highest BCUT2D eigenvalue weighted by atomic mass is 32.2. The van der Waals surface area contributed by atoms with Gasteiger partial charge in [0.15, 0.2) is 0 Å². The van der Waals surface area contributed by atoms with E-state index in [-0.39, 0.29) is 12.0 Å². The van der Waals surface area contributed by atoms with Crippen LogP contribution >= 0.6 is 11.8 Å². The smallest absolute Gasteiger partial charge is 0.255 e. The summed E-state index contributed by atoms with van der Waals surface area (Å²) in [6.07, 6.45) is -1.86. The van der Waals surface area contributed by atoms with Crippen molar-refractivity contribution >= 4 is 29.5 Å². The molecule has 1 fully saturated rings. The average molecular weight is 442 g/mol. The van der Waals surface area contributed by atoms with Gasteiger partial charge in [0.2, 0.25) is 5.91 Å². The van der Waals surface area contributed by atoms with Crippen molar-refractivity contribution in [1.29, 1.82) is 0 Å². The van der Waals surface area contributed by atoms with Crippen LogP contribution in [0.25, 0.3) is 0 Å². The largest absolute Gasteiger partial charge is 0.496 e. The standard InChI is InChI=1S/C19H27N3O7S/c1-9(16(20)25)21-18(27)19(28)7-12(15(24)13(23)8-19)22-17(26)11-5-4-10(30-3)6-14(11)29-2/h4-6,9,12-13,15,23-24,28H,7-8H2,1-3H3,(H2,20,25)(H,21,27)(H,22,26)/t9-,12+,13-,15-,19+/m1/s1. The van der Waals surface area contributed by atoms with Crippen molar-refractivity contribution in [2.24, 2.45) is 5.73 Å². The Bertz CT molecular complexity index is 821. The van der Waals surface area contributed by atoms with Crippen LogP contribution in [0.2, 0.25) is 0 Å². The molecule has 1 aliphatic rings. The van der Waals surface area contributed by atoms with Crippen molar-refractivity contribution in [2.45, 2.75) is 54.6 Å². The molecule has 30 heavy (non-hydrogen) atoms. The van der Waals surface area contributed by atoms with E-state index in [0.29, 0.717) is 5.75 Å². The van der Waals surface area contributed by atoms with Crippen LogP contribution in [0.3, 0.4) is 0 Å². The van der Waals surface area contributed by atoms with Crippen molar-refractivity contribution in [2.75, 3.05) is 13.4 Å². The molecule has 1 aromatic rings. The number of aliphatic hydroxyl groups excluding tert-OH is 2. The van der Waals surface area contributed by atoms with Crippen molar-refractivity contribution < 1.29 is 34.4 Å². The lowest BCUT2D eigenvalue weighted by Gasteiger charge is -2.41. The molecule has 1 aliphatic carbocycles. The molecule has 3 amide bonds. The topological polar surface area (TPSA) is 171 Å². The quantitative estimate of drug-likeness (QED) is 0.285. The van der Waals surface area contributed by atoms with Gasteiger partial charge in [-0.15, -0.1) is 11.8 Å². The van der Waals surface area contributed by atoms with Gasteiger partial charge in [0.25, 0.3) is 11.8 Å². The summed E-state index contributed by atoms with van der Waals surface area (Å²) in [6.45, 7) is 1.35. The van der Waals surface area contributed by atoms with Gasteiger partial charge in [-0.1, -0.05) is 0 Å². The minimum atomic E-state index is -2.12. The first-order valence-electron chi connectivity index (χ1n) is 9.24. The number of nitrogens with two attached hydrogens (primary N) is 1. The molecule has 0 aromatic heterocycles. The van der Waals surface area contributed by atoms with Gasteiger partial charge in [-0.3, -0.25) is 14.4 Å². The maximum Gasteiger partial charge on any atom is 0.255 e. The third-order valence-electron chi connectivity index (χ3n) is 5.08. The molecule has 2 rings (SSSR count). The van der Waals surface area contributed by atoms with Gasteiger partial charge in [-0.05, 0) is 31.4 Å². The minimum Gasteiger partial charge on any atom is -0.496 e. The lowest BCUT2D eigenvalue weighted by molar-refractivity contribution is -0.158.